The zero-order valence-electron chi connectivity index (χ0n) is 19.2. The monoisotopic (exact) mass is 463 g/mol. The zero-order chi connectivity index (χ0) is 23.8. The number of ether oxygens (including phenoxy) is 1. The molecule has 2 bridgehead atoms. The average Bonchev–Trinajstić information content (AvgIpc) is 3.49. The van der Waals surface area contributed by atoms with Crippen LogP contribution in [0.1, 0.15) is 49.0 Å². The molecule has 1 aromatic heterocycles. The highest BCUT2D eigenvalue weighted by Gasteiger charge is 2.48. The molecule has 6 rings (SSSR count). The predicted molar refractivity (Wildman–Crippen MR) is 124 cm³/mol. The summed E-state index contributed by atoms with van der Waals surface area (Å²) in [4.78, 5) is 44.0. The molecule has 4 aliphatic rings. The standard InChI is InChI=1S/C25H29N5O4/c1-34-21-4-2-3-19-18(21)12-20(29-19)25(33)30-17-7-5-14(6-8-17)22(30)24(32)28-16(13-26)11-15-9-10-27-23(15)31/h2-4,12,14-17,22,29H,5-11H2,1H3,(H,27,31)(H,28,32)/t14?,15-,16-,17?,22-/m0/s1. The van der Waals surface area contributed by atoms with Gasteiger partial charge in [-0.3, -0.25) is 14.4 Å². The van der Waals surface area contributed by atoms with E-state index in [1.807, 2.05) is 18.2 Å². The number of fused-ring (bicyclic) bond motifs is 4. The minimum absolute atomic E-state index is 0.0114. The molecule has 4 fully saturated rings. The van der Waals surface area contributed by atoms with Gasteiger partial charge in [0.05, 0.1) is 13.2 Å². The highest BCUT2D eigenvalue weighted by atomic mass is 16.5. The molecule has 1 aliphatic carbocycles. The molecule has 2 aromatic rings. The predicted octanol–water partition coefficient (Wildman–Crippen LogP) is 2.09. The smallest absolute Gasteiger partial charge is 0.271 e. The summed E-state index contributed by atoms with van der Waals surface area (Å²) in [6.07, 6.45) is 4.45. The number of piperidine rings is 2. The van der Waals surface area contributed by atoms with Crippen LogP contribution in [-0.2, 0) is 9.59 Å². The summed E-state index contributed by atoms with van der Waals surface area (Å²) in [6.45, 7) is 0.597. The van der Waals surface area contributed by atoms with Crippen molar-refractivity contribution in [2.24, 2.45) is 11.8 Å². The number of aromatic amines is 1. The minimum atomic E-state index is -0.768. The lowest BCUT2D eigenvalue weighted by Gasteiger charge is -2.50. The Morgan fingerprint density at radius 2 is 2.06 bits per heavy atom. The molecule has 3 atom stereocenters. The quantitative estimate of drug-likeness (QED) is 0.605. The van der Waals surface area contributed by atoms with Crippen molar-refractivity contribution in [2.45, 2.75) is 56.7 Å². The fourth-order valence-electron chi connectivity index (χ4n) is 5.90. The van der Waals surface area contributed by atoms with Crippen molar-refractivity contribution in [1.82, 2.24) is 20.5 Å². The topological polar surface area (TPSA) is 127 Å². The molecule has 1 saturated carbocycles. The van der Waals surface area contributed by atoms with Crippen LogP contribution in [0.3, 0.4) is 0 Å². The summed E-state index contributed by atoms with van der Waals surface area (Å²) in [5.74, 6) is -0.126. The van der Waals surface area contributed by atoms with Crippen LogP contribution < -0.4 is 15.4 Å². The van der Waals surface area contributed by atoms with Crippen LogP contribution in [0.25, 0.3) is 10.9 Å². The van der Waals surface area contributed by atoms with Crippen LogP contribution >= 0.6 is 0 Å². The van der Waals surface area contributed by atoms with Crippen LogP contribution in [-0.4, -0.2) is 59.4 Å². The lowest BCUT2D eigenvalue weighted by Crippen LogP contribution is -2.63. The minimum Gasteiger partial charge on any atom is -0.496 e. The molecule has 34 heavy (non-hydrogen) atoms. The Balaban J connectivity index is 1.38. The molecular formula is C25H29N5O4. The van der Waals surface area contributed by atoms with Gasteiger partial charge in [-0.1, -0.05) is 6.07 Å². The first kappa shape index (κ1) is 22.3. The lowest BCUT2D eigenvalue weighted by molar-refractivity contribution is -0.133. The summed E-state index contributed by atoms with van der Waals surface area (Å²) in [7, 11) is 1.59. The number of hydrogen-bond donors (Lipinski definition) is 3. The molecule has 3 amide bonds. The molecule has 3 saturated heterocycles. The SMILES string of the molecule is COc1cccc2[nH]c(C(=O)N3C4CCC(CC4)[C@H]3C(=O)N[C@H](C#N)C[C@@H]3CCNC3=O)cc12. The third-order valence-electron chi connectivity index (χ3n) is 7.61. The maximum atomic E-state index is 13.7. The first-order valence-corrected chi connectivity index (χ1v) is 12.0. The van der Waals surface area contributed by atoms with Gasteiger partial charge in [0.15, 0.2) is 0 Å². The van der Waals surface area contributed by atoms with Crippen molar-refractivity contribution < 1.29 is 19.1 Å². The van der Waals surface area contributed by atoms with Crippen molar-refractivity contribution in [1.29, 1.82) is 5.26 Å². The number of benzene rings is 1. The summed E-state index contributed by atoms with van der Waals surface area (Å²) < 4.78 is 5.42. The Hall–Kier alpha value is -3.54. The molecule has 0 spiro atoms. The van der Waals surface area contributed by atoms with Crippen LogP contribution in [0, 0.1) is 23.2 Å². The number of H-pyrrole nitrogens is 1. The summed E-state index contributed by atoms with van der Waals surface area (Å²) >= 11 is 0. The van der Waals surface area contributed by atoms with Gasteiger partial charge in [-0.25, -0.2) is 0 Å². The number of rotatable bonds is 6. The molecule has 1 aromatic carbocycles. The van der Waals surface area contributed by atoms with E-state index in [2.05, 4.69) is 21.7 Å². The van der Waals surface area contributed by atoms with E-state index in [4.69, 9.17) is 4.74 Å². The number of aromatic nitrogens is 1. The number of nitriles is 1. The Bertz CT molecular complexity index is 1160. The number of hydrogen-bond acceptors (Lipinski definition) is 5. The number of nitrogens with one attached hydrogen (secondary N) is 3. The second kappa shape index (κ2) is 9.01. The van der Waals surface area contributed by atoms with Crippen LogP contribution in [0.4, 0.5) is 0 Å². The molecule has 3 N–H and O–H groups in total. The summed E-state index contributed by atoms with van der Waals surface area (Å²) in [5, 5.41) is 16.1. The van der Waals surface area contributed by atoms with Crippen LogP contribution in [0.2, 0.25) is 0 Å². The first-order valence-electron chi connectivity index (χ1n) is 12.0. The second-order valence-electron chi connectivity index (χ2n) is 9.53. The second-order valence-corrected chi connectivity index (χ2v) is 9.53. The van der Waals surface area contributed by atoms with Gasteiger partial charge in [0, 0.05) is 29.4 Å². The van der Waals surface area contributed by atoms with E-state index in [1.165, 1.54) is 0 Å². The number of methoxy groups -OCH3 is 1. The fourth-order valence-corrected chi connectivity index (χ4v) is 5.90. The molecule has 0 unspecified atom stereocenters. The molecular weight excluding hydrogens is 434 g/mol. The largest absolute Gasteiger partial charge is 0.496 e. The van der Waals surface area contributed by atoms with E-state index in [1.54, 1.807) is 18.1 Å². The van der Waals surface area contributed by atoms with Gasteiger partial charge in [0.2, 0.25) is 11.8 Å². The van der Waals surface area contributed by atoms with Crippen molar-refractivity contribution in [3.8, 4) is 11.8 Å². The third kappa shape index (κ3) is 3.87. The lowest BCUT2D eigenvalue weighted by atomic mass is 9.74. The van der Waals surface area contributed by atoms with Gasteiger partial charge >= 0.3 is 0 Å². The Labute approximate surface area is 197 Å². The Morgan fingerprint density at radius 1 is 1.26 bits per heavy atom. The normalized spacial score (nSPS) is 26.7. The van der Waals surface area contributed by atoms with E-state index in [-0.39, 0.29) is 42.0 Å². The fraction of sp³-hybridized carbons (Fsp3) is 0.520. The summed E-state index contributed by atoms with van der Waals surface area (Å²) in [5.41, 5.74) is 1.22. The van der Waals surface area contributed by atoms with E-state index < -0.39 is 12.1 Å². The number of nitrogens with zero attached hydrogens (tertiary/aromatic N) is 2. The van der Waals surface area contributed by atoms with Crippen LogP contribution in [0.5, 0.6) is 5.75 Å². The van der Waals surface area contributed by atoms with E-state index in [0.717, 1.165) is 36.6 Å². The van der Waals surface area contributed by atoms with Gasteiger partial charge < -0.3 is 25.3 Å². The van der Waals surface area contributed by atoms with Crippen molar-refractivity contribution in [3.05, 3.63) is 30.0 Å². The van der Waals surface area contributed by atoms with E-state index >= 15 is 0 Å². The van der Waals surface area contributed by atoms with Crippen molar-refractivity contribution in [2.75, 3.05) is 13.7 Å². The van der Waals surface area contributed by atoms with Crippen molar-refractivity contribution in [3.63, 3.8) is 0 Å². The maximum absolute atomic E-state index is 13.7. The third-order valence-corrected chi connectivity index (χ3v) is 7.61. The number of carbonyl (C=O) groups is 3. The molecule has 9 heteroatoms. The molecule has 0 radical (unpaired) electrons. The zero-order valence-corrected chi connectivity index (χ0v) is 19.2. The average molecular weight is 464 g/mol. The molecule has 178 valence electrons. The van der Waals surface area contributed by atoms with Gasteiger partial charge in [-0.15, -0.1) is 0 Å². The Morgan fingerprint density at radius 3 is 2.74 bits per heavy atom. The van der Waals surface area contributed by atoms with E-state index in [9.17, 15) is 19.6 Å². The molecule has 9 nitrogen and oxygen atoms in total. The van der Waals surface area contributed by atoms with Gasteiger partial charge in [0.1, 0.15) is 23.5 Å². The highest BCUT2D eigenvalue weighted by Crippen LogP contribution is 2.41. The van der Waals surface area contributed by atoms with Gasteiger partial charge in [0.25, 0.3) is 5.91 Å². The first-order chi connectivity index (χ1) is 16.5. The van der Waals surface area contributed by atoms with Crippen molar-refractivity contribution >= 4 is 28.6 Å². The highest BCUT2D eigenvalue weighted by molar-refractivity contribution is 6.02. The van der Waals surface area contributed by atoms with Gasteiger partial charge in [-0.05, 0) is 62.6 Å². The van der Waals surface area contributed by atoms with Crippen LogP contribution in [0.15, 0.2) is 24.3 Å². The van der Waals surface area contributed by atoms with Gasteiger partial charge in [-0.2, -0.15) is 5.26 Å². The maximum Gasteiger partial charge on any atom is 0.271 e. The molecule has 3 aliphatic heterocycles. The molecule has 4 heterocycles. The number of amides is 3. The number of carbonyl (C=O) groups excluding carboxylic acids is 3. The Kier molecular flexibility index (Phi) is 5.90. The summed E-state index contributed by atoms with van der Waals surface area (Å²) in [6, 6.07) is 8.10. The van der Waals surface area contributed by atoms with E-state index in [0.29, 0.717) is 24.4 Å².